The van der Waals surface area contributed by atoms with Crippen LogP contribution in [-0.4, -0.2) is 19.1 Å². The van der Waals surface area contributed by atoms with Crippen molar-refractivity contribution in [1.29, 1.82) is 0 Å². The van der Waals surface area contributed by atoms with Gasteiger partial charge in [-0.2, -0.15) is 0 Å². The van der Waals surface area contributed by atoms with E-state index in [0.717, 1.165) is 12.8 Å². The minimum absolute atomic E-state index is 0.126. The third-order valence-corrected chi connectivity index (χ3v) is 2.82. The van der Waals surface area contributed by atoms with Gasteiger partial charge in [0, 0.05) is 17.8 Å². The number of amides is 1. The van der Waals surface area contributed by atoms with E-state index < -0.39 is 0 Å². The van der Waals surface area contributed by atoms with E-state index in [2.05, 4.69) is 5.32 Å². The zero-order valence-electron chi connectivity index (χ0n) is 10.6. The van der Waals surface area contributed by atoms with Crippen LogP contribution < -0.4 is 15.8 Å². The summed E-state index contributed by atoms with van der Waals surface area (Å²) in [5.41, 5.74) is 6.75. The second-order valence-corrected chi connectivity index (χ2v) is 3.94. The maximum atomic E-state index is 12.0. The van der Waals surface area contributed by atoms with E-state index in [1.54, 1.807) is 25.3 Å². The van der Waals surface area contributed by atoms with Gasteiger partial charge in [0.15, 0.2) is 0 Å². The normalized spacial score (nSPS) is 10.4. The molecule has 0 atom stereocenters. The zero-order valence-corrected chi connectivity index (χ0v) is 10.6. The fourth-order valence-electron chi connectivity index (χ4n) is 1.63. The number of methoxy groups -OCH3 is 1. The second-order valence-electron chi connectivity index (χ2n) is 3.94. The van der Waals surface area contributed by atoms with Gasteiger partial charge >= 0.3 is 0 Å². The lowest BCUT2D eigenvalue weighted by Crippen LogP contribution is -2.34. The molecule has 0 heterocycles. The Balaban J connectivity index is 2.82. The molecule has 0 bridgehead atoms. The molecule has 94 valence electrons. The first-order valence-corrected chi connectivity index (χ1v) is 5.86. The van der Waals surface area contributed by atoms with E-state index >= 15 is 0 Å². The van der Waals surface area contributed by atoms with Crippen LogP contribution >= 0.6 is 0 Å². The molecule has 4 heteroatoms. The molecule has 3 N–H and O–H groups in total. The predicted molar refractivity (Wildman–Crippen MR) is 69.2 cm³/mol. The topological polar surface area (TPSA) is 64.3 Å². The average molecular weight is 236 g/mol. The highest BCUT2D eigenvalue weighted by molar-refractivity contribution is 5.99. The van der Waals surface area contributed by atoms with Crippen molar-refractivity contribution in [3.63, 3.8) is 0 Å². The molecular formula is C13H20N2O2. The number of hydrogen-bond donors (Lipinski definition) is 2. The number of carbonyl (C=O) groups is 1. The first-order chi connectivity index (χ1) is 8.12. The first kappa shape index (κ1) is 13.4. The van der Waals surface area contributed by atoms with Gasteiger partial charge in [0.2, 0.25) is 0 Å². The molecule has 17 heavy (non-hydrogen) atoms. The van der Waals surface area contributed by atoms with Gasteiger partial charge in [-0.3, -0.25) is 4.79 Å². The summed E-state index contributed by atoms with van der Waals surface area (Å²) in [4.78, 5) is 12.0. The summed E-state index contributed by atoms with van der Waals surface area (Å²) in [6, 6.07) is 5.27. The van der Waals surface area contributed by atoms with Crippen molar-refractivity contribution in [2.45, 2.75) is 32.7 Å². The zero-order chi connectivity index (χ0) is 12.8. The van der Waals surface area contributed by atoms with E-state index in [0.29, 0.717) is 17.0 Å². The van der Waals surface area contributed by atoms with Gasteiger partial charge in [0.05, 0.1) is 12.7 Å². The monoisotopic (exact) mass is 236 g/mol. The van der Waals surface area contributed by atoms with Crippen LogP contribution in [0.1, 0.15) is 37.0 Å². The van der Waals surface area contributed by atoms with E-state index in [1.807, 2.05) is 13.8 Å². The number of nitrogens with one attached hydrogen (secondary N) is 1. The van der Waals surface area contributed by atoms with Crippen molar-refractivity contribution < 1.29 is 9.53 Å². The minimum atomic E-state index is -0.126. The Labute approximate surface area is 102 Å². The average Bonchev–Trinajstić information content (AvgIpc) is 2.35. The highest BCUT2D eigenvalue weighted by atomic mass is 16.5. The number of carbonyl (C=O) groups excluding carboxylic acids is 1. The minimum Gasteiger partial charge on any atom is -0.497 e. The molecule has 4 nitrogen and oxygen atoms in total. The Kier molecular flexibility index (Phi) is 4.82. The smallest absolute Gasteiger partial charge is 0.253 e. The Morgan fingerprint density at radius 3 is 2.53 bits per heavy atom. The molecule has 0 aromatic heterocycles. The Morgan fingerprint density at radius 2 is 2.06 bits per heavy atom. The van der Waals surface area contributed by atoms with Gasteiger partial charge < -0.3 is 15.8 Å². The molecule has 0 radical (unpaired) electrons. The van der Waals surface area contributed by atoms with Crippen LogP contribution in [0.4, 0.5) is 5.69 Å². The van der Waals surface area contributed by atoms with Crippen molar-refractivity contribution >= 4 is 11.6 Å². The molecule has 0 fully saturated rings. The molecule has 1 aromatic rings. The highest BCUT2D eigenvalue weighted by Crippen LogP contribution is 2.19. The van der Waals surface area contributed by atoms with Gasteiger partial charge in [-0.15, -0.1) is 0 Å². The van der Waals surface area contributed by atoms with Crippen LogP contribution in [-0.2, 0) is 0 Å². The van der Waals surface area contributed by atoms with E-state index in [4.69, 9.17) is 10.5 Å². The highest BCUT2D eigenvalue weighted by Gasteiger charge is 2.13. The van der Waals surface area contributed by atoms with Gasteiger partial charge in [0.25, 0.3) is 5.91 Å². The molecule has 0 aliphatic carbocycles. The third-order valence-electron chi connectivity index (χ3n) is 2.82. The summed E-state index contributed by atoms with van der Waals surface area (Å²) in [6.07, 6.45) is 1.83. The lowest BCUT2D eigenvalue weighted by atomic mass is 10.1. The summed E-state index contributed by atoms with van der Waals surface area (Å²) in [7, 11) is 1.57. The molecule has 0 aliphatic rings. The van der Waals surface area contributed by atoms with Crippen LogP contribution in [0, 0.1) is 0 Å². The molecule has 0 saturated heterocycles. The van der Waals surface area contributed by atoms with Gasteiger partial charge in [-0.1, -0.05) is 13.8 Å². The third kappa shape index (κ3) is 3.37. The van der Waals surface area contributed by atoms with Crippen molar-refractivity contribution in [1.82, 2.24) is 5.32 Å². The summed E-state index contributed by atoms with van der Waals surface area (Å²) in [5, 5.41) is 2.95. The SMILES string of the molecule is CCC(CC)NC(=O)c1ccc(OC)cc1N. The lowest BCUT2D eigenvalue weighted by Gasteiger charge is -2.15. The van der Waals surface area contributed by atoms with Crippen LogP contribution in [0.15, 0.2) is 18.2 Å². The second kappa shape index (κ2) is 6.13. The number of benzene rings is 1. The molecule has 0 saturated carbocycles. The number of anilines is 1. The Bertz CT molecular complexity index is 387. The molecule has 0 spiro atoms. The van der Waals surface area contributed by atoms with Crippen molar-refractivity contribution in [2.75, 3.05) is 12.8 Å². The van der Waals surface area contributed by atoms with Crippen LogP contribution in [0.25, 0.3) is 0 Å². The quantitative estimate of drug-likeness (QED) is 0.770. The predicted octanol–water partition coefficient (Wildman–Crippen LogP) is 2.20. The summed E-state index contributed by atoms with van der Waals surface area (Å²) in [6.45, 7) is 4.09. The lowest BCUT2D eigenvalue weighted by molar-refractivity contribution is 0.0936. The maximum Gasteiger partial charge on any atom is 0.253 e. The van der Waals surface area contributed by atoms with Crippen LogP contribution in [0.5, 0.6) is 5.75 Å². The maximum absolute atomic E-state index is 12.0. The van der Waals surface area contributed by atoms with Crippen LogP contribution in [0.3, 0.4) is 0 Å². The van der Waals surface area contributed by atoms with E-state index in [1.165, 1.54) is 0 Å². The molecule has 1 amide bonds. The molecular weight excluding hydrogens is 216 g/mol. The fraction of sp³-hybridized carbons (Fsp3) is 0.462. The summed E-state index contributed by atoms with van der Waals surface area (Å²) in [5.74, 6) is 0.528. The van der Waals surface area contributed by atoms with Crippen molar-refractivity contribution in [2.24, 2.45) is 0 Å². The van der Waals surface area contributed by atoms with Crippen molar-refractivity contribution in [3.05, 3.63) is 23.8 Å². The number of rotatable bonds is 5. The fourth-order valence-corrected chi connectivity index (χ4v) is 1.63. The number of nitrogens with two attached hydrogens (primary N) is 1. The number of ether oxygens (including phenoxy) is 1. The number of hydrogen-bond acceptors (Lipinski definition) is 3. The molecule has 1 aromatic carbocycles. The number of nitrogen functional groups attached to an aromatic ring is 1. The van der Waals surface area contributed by atoms with E-state index in [9.17, 15) is 4.79 Å². The largest absolute Gasteiger partial charge is 0.497 e. The van der Waals surface area contributed by atoms with Crippen LogP contribution in [0.2, 0.25) is 0 Å². The Morgan fingerprint density at radius 1 is 1.41 bits per heavy atom. The van der Waals surface area contributed by atoms with E-state index in [-0.39, 0.29) is 11.9 Å². The molecule has 1 rings (SSSR count). The van der Waals surface area contributed by atoms with Crippen molar-refractivity contribution in [3.8, 4) is 5.75 Å². The van der Waals surface area contributed by atoms with Gasteiger partial charge in [0.1, 0.15) is 5.75 Å². The standard InChI is InChI=1S/C13H20N2O2/c1-4-9(5-2)15-13(16)11-7-6-10(17-3)8-12(11)14/h6-9H,4-5,14H2,1-3H3,(H,15,16). The van der Waals surface area contributed by atoms with Gasteiger partial charge in [-0.05, 0) is 25.0 Å². The first-order valence-electron chi connectivity index (χ1n) is 5.86. The summed E-state index contributed by atoms with van der Waals surface area (Å²) >= 11 is 0. The Hall–Kier alpha value is -1.71. The molecule has 0 aliphatic heterocycles. The summed E-state index contributed by atoms with van der Waals surface area (Å²) < 4.78 is 5.04. The molecule has 0 unspecified atom stereocenters. The van der Waals surface area contributed by atoms with Gasteiger partial charge in [-0.25, -0.2) is 0 Å².